The molecular weight excluding hydrogens is 339 g/mol. The lowest BCUT2D eigenvalue weighted by atomic mass is 9.81. The van der Waals surface area contributed by atoms with E-state index in [1.165, 1.54) is 5.56 Å². The van der Waals surface area contributed by atoms with Crippen LogP contribution in [0.25, 0.3) is 0 Å². The minimum Gasteiger partial charge on any atom is -0.303 e. The van der Waals surface area contributed by atoms with Gasteiger partial charge in [-0.3, -0.25) is 4.79 Å². The molecule has 0 radical (unpaired) electrons. The van der Waals surface area contributed by atoms with E-state index in [0.29, 0.717) is 37.5 Å². The Morgan fingerprint density at radius 1 is 1.08 bits per heavy atom. The molecule has 1 aromatic rings. The molecule has 0 bridgehead atoms. The summed E-state index contributed by atoms with van der Waals surface area (Å²) >= 11 is 0. The molecule has 144 valence electrons. The van der Waals surface area contributed by atoms with Crippen molar-refractivity contribution in [2.75, 3.05) is 19.6 Å². The van der Waals surface area contributed by atoms with Crippen LogP contribution in [-0.4, -0.2) is 37.0 Å². The summed E-state index contributed by atoms with van der Waals surface area (Å²) in [7, 11) is 0. The van der Waals surface area contributed by atoms with Crippen molar-refractivity contribution in [3.63, 3.8) is 0 Å². The summed E-state index contributed by atoms with van der Waals surface area (Å²) in [6, 6.07) is 6.10. The Morgan fingerprint density at radius 3 is 2.27 bits per heavy atom. The molecule has 2 aliphatic rings. The lowest BCUT2D eigenvalue weighted by molar-refractivity contribution is -0.184. The third kappa shape index (κ3) is 4.67. The van der Waals surface area contributed by atoms with Gasteiger partial charge in [-0.2, -0.15) is 13.2 Å². The molecule has 2 nitrogen and oxygen atoms in total. The molecule has 1 aliphatic heterocycles. The normalized spacial score (nSPS) is 26.0. The Labute approximate surface area is 153 Å². The van der Waals surface area contributed by atoms with Crippen molar-refractivity contribution in [3.8, 4) is 0 Å². The number of likely N-dealkylation sites (tertiary alicyclic amines) is 1. The molecular formula is C21H28F3NO. The van der Waals surface area contributed by atoms with E-state index in [0.717, 1.165) is 49.9 Å². The number of hydrogen-bond donors (Lipinski definition) is 0. The highest BCUT2D eigenvalue weighted by atomic mass is 19.4. The van der Waals surface area contributed by atoms with Crippen molar-refractivity contribution in [1.82, 2.24) is 4.90 Å². The summed E-state index contributed by atoms with van der Waals surface area (Å²) in [5.74, 6) is -0.145. The lowest BCUT2D eigenvalue weighted by Gasteiger charge is -2.37. The van der Waals surface area contributed by atoms with E-state index >= 15 is 0 Å². The van der Waals surface area contributed by atoms with E-state index in [4.69, 9.17) is 0 Å². The maximum atomic E-state index is 12.8. The Bertz CT molecular complexity index is 612. The van der Waals surface area contributed by atoms with Crippen molar-refractivity contribution in [1.29, 1.82) is 0 Å². The van der Waals surface area contributed by atoms with Crippen molar-refractivity contribution in [2.24, 2.45) is 11.8 Å². The van der Waals surface area contributed by atoms with Gasteiger partial charge in [0, 0.05) is 12.1 Å². The van der Waals surface area contributed by atoms with Crippen molar-refractivity contribution < 1.29 is 18.0 Å². The van der Waals surface area contributed by atoms with Crippen molar-refractivity contribution >= 4 is 6.29 Å². The van der Waals surface area contributed by atoms with Gasteiger partial charge in [0.05, 0.1) is 5.92 Å². The monoisotopic (exact) mass is 367 g/mol. The maximum absolute atomic E-state index is 12.8. The van der Waals surface area contributed by atoms with Crippen LogP contribution in [0.15, 0.2) is 18.2 Å². The summed E-state index contributed by atoms with van der Waals surface area (Å²) in [6.07, 6.45) is 1.05. The number of piperidine rings is 1. The van der Waals surface area contributed by atoms with Gasteiger partial charge in [-0.25, -0.2) is 0 Å². The molecule has 0 unspecified atom stereocenters. The highest BCUT2D eigenvalue weighted by molar-refractivity contribution is 5.77. The molecule has 0 aromatic heterocycles. The van der Waals surface area contributed by atoms with Crippen LogP contribution in [0.3, 0.4) is 0 Å². The third-order valence-electron chi connectivity index (χ3n) is 6.31. The molecule has 0 atom stereocenters. The summed E-state index contributed by atoms with van der Waals surface area (Å²) in [5.41, 5.74) is 3.08. The summed E-state index contributed by atoms with van der Waals surface area (Å²) in [4.78, 5) is 13.4. The second-order valence-corrected chi connectivity index (χ2v) is 8.07. The Kier molecular flexibility index (Phi) is 6.06. The predicted molar refractivity (Wildman–Crippen MR) is 96.5 cm³/mol. The molecule has 0 amide bonds. The minimum atomic E-state index is -4.01. The number of alkyl halides is 3. The molecule has 1 saturated carbocycles. The number of rotatable bonds is 4. The molecule has 0 spiro atoms. The van der Waals surface area contributed by atoms with E-state index < -0.39 is 12.1 Å². The quantitative estimate of drug-likeness (QED) is 0.668. The van der Waals surface area contributed by atoms with Crippen LogP contribution >= 0.6 is 0 Å². The van der Waals surface area contributed by atoms with Gasteiger partial charge in [0.25, 0.3) is 0 Å². The largest absolute Gasteiger partial charge is 0.391 e. The van der Waals surface area contributed by atoms with Crippen molar-refractivity contribution in [3.05, 3.63) is 34.9 Å². The van der Waals surface area contributed by atoms with Gasteiger partial charge in [0.1, 0.15) is 6.29 Å². The van der Waals surface area contributed by atoms with Gasteiger partial charge in [0.2, 0.25) is 0 Å². The smallest absolute Gasteiger partial charge is 0.303 e. The number of halogens is 3. The molecule has 5 heteroatoms. The zero-order valence-electron chi connectivity index (χ0n) is 15.4. The first-order valence-corrected chi connectivity index (χ1v) is 9.71. The van der Waals surface area contributed by atoms with Gasteiger partial charge < -0.3 is 4.90 Å². The van der Waals surface area contributed by atoms with Crippen LogP contribution < -0.4 is 0 Å². The molecule has 3 rings (SSSR count). The van der Waals surface area contributed by atoms with Crippen LogP contribution in [0.4, 0.5) is 13.2 Å². The second-order valence-electron chi connectivity index (χ2n) is 8.07. The molecule has 26 heavy (non-hydrogen) atoms. The summed E-state index contributed by atoms with van der Waals surface area (Å²) in [6.45, 7) is 4.94. The minimum absolute atomic E-state index is 0.299. The number of carbonyl (C=O) groups excluding carboxylic acids is 1. The Hall–Kier alpha value is -1.36. The molecule has 1 saturated heterocycles. The van der Waals surface area contributed by atoms with Crippen LogP contribution in [0.1, 0.15) is 65.9 Å². The van der Waals surface area contributed by atoms with Crippen LogP contribution in [0, 0.1) is 18.8 Å². The van der Waals surface area contributed by atoms with Gasteiger partial charge in [0.15, 0.2) is 0 Å². The number of hydrogen-bond acceptors (Lipinski definition) is 2. The Balaban J connectivity index is 1.46. The highest BCUT2D eigenvalue weighted by Gasteiger charge is 2.41. The van der Waals surface area contributed by atoms with Crippen LogP contribution in [0.2, 0.25) is 0 Å². The Morgan fingerprint density at radius 2 is 1.73 bits per heavy atom. The third-order valence-corrected chi connectivity index (χ3v) is 6.31. The number of carbonyl (C=O) groups is 1. The first-order valence-electron chi connectivity index (χ1n) is 9.71. The average molecular weight is 367 g/mol. The van der Waals surface area contributed by atoms with E-state index in [1.54, 1.807) is 0 Å². The number of aldehydes is 1. The van der Waals surface area contributed by atoms with Crippen molar-refractivity contribution in [2.45, 2.75) is 57.5 Å². The molecule has 0 N–H and O–H groups in total. The summed E-state index contributed by atoms with van der Waals surface area (Å²) in [5, 5.41) is 0. The van der Waals surface area contributed by atoms with Crippen LogP contribution in [0.5, 0.6) is 0 Å². The standard InChI is InChI=1S/C21H28F3NO/c1-15-12-18(4-5-19(15)14-26)17-8-10-25(11-9-17)13-16-2-6-20(7-3-16)21(22,23)24/h4-5,12,14,16-17,20H,2-3,6-11,13H2,1H3/t16-,20+. The van der Waals surface area contributed by atoms with E-state index in [9.17, 15) is 18.0 Å². The van der Waals surface area contributed by atoms with Gasteiger partial charge >= 0.3 is 6.18 Å². The molecule has 1 heterocycles. The van der Waals surface area contributed by atoms with Gasteiger partial charge in [-0.1, -0.05) is 18.2 Å². The topological polar surface area (TPSA) is 20.3 Å². The fraction of sp³-hybridized carbons (Fsp3) is 0.667. The maximum Gasteiger partial charge on any atom is 0.391 e. The number of nitrogens with zero attached hydrogens (tertiary/aromatic N) is 1. The first-order chi connectivity index (χ1) is 12.4. The highest BCUT2D eigenvalue weighted by Crippen LogP contribution is 2.40. The van der Waals surface area contributed by atoms with Crippen LogP contribution in [-0.2, 0) is 0 Å². The first kappa shape index (κ1) is 19.4. The molecule has 1 aromatic carbocycles. The SMILES string of the molecule is Cc1cc(C2CCN(C[C@H]3CC[C@@H](C(F)(F)F)CC3)CC2)ccc1C=O. The number of aryl methyl sites for hydroxylation is 1. The molecule has 1 aliphatic carbocycles. The predicted octanol–water partition coefficient (Wildman–Crippen LogP) is 5.36. The van der Waals surface area contributed by atoms with Gasteiger partial charge in [-0.05, 0) is 81.5 Å². The number of benzene rings is 1. The van der Waals surface area contributed by atoms with Gasteiger partial charge in [-0.15, -0.1) is 0 Å². The molecule has 2 fully saturated rings. The van der Waals surface area contributed by atoms with E-state index in [-0.39, 0.29) is 0 Å². The van der Waals surface area contributed by atoms with E-state index in [1.807, 2.05) is 13.0 Å². The fourth-order valence-corrected chi connectivity index (χ4v) is 4.57. The summed E-state index contributed by atoms with van der Waals surface area (Å²) < 4.78 is 38.3. The fourth-order valence-electron chi connectivity index (χ4n) is 4.57. The average Bonchev–Trinajstić information content (AvgIpc) is 2.62. The second kappa shape index (κ2) is 8.12. The van der Waals surface area contributed by atoms with E-state index in [2.05, 4.69) is 17.0 Å². The zero-order chi connectivity index (χ0) is 18.7. The lowest BCUT2D eigenvalue weighted by Crippen LogP contribution is -2.38. The zero-order valence-corrected chi connectivity index (χ0v) is 15.4.